The Bertz CT molecular complexity index is 991. The number of benzene rings is 2. The van der Waals surface area contributed by atoms with Crippen molar-refractivity contribution in [2.75, 3.05) is 22.1 Å². The van der Waals surface area contributed by atoms with E-state index in [2.05, 4.69) is 10.6 Å². The molecule has 2 aliphatic heterocycles. The van der Waals surface area contributed by atoms with E-state index in [1.54, 1.807) is 48.2 Å². The summed E-state index contributed by atoms with van der Waals surface area (Å²) in [5.74, 6) is -0.0416. The van der Waals surface area contributed by atoms with E-state index in [0.29, 0.717) is 46.4 Å². The molecule has 0 unspecified atom stereocenters. The molecule has 2 aliphatic rings. The van der Waals surface area contributed by atoms with Crippen molar-refractivity contribution in [2.45, 2.75) is 25.9 Å². The zero-order valence-corrected chi connectivity index (χ0v) is 15.9. The van der Waals surface area contributed by atoms with Crippen LogP contribution in [-0.4, -0.2) is 30.4 Å². The maximum atomic E-state index is 12.7. The van der Waals surface area contributed by atoms with Gasteiger partial charge in [-0.3, -0.25) is 14.4 Å². The van der Waals surface area contributed by atoms with E-state index in [9.17, 15) is 14.4 Å². The number of ether oxygens (including phenoxy) is 1. The number of fused-ring (bicyclic) bond motifs is 1. The molecule has 0 spiro atoms. The van der Waals surface area contributed by atoms with Crippen molar-refractivity contribution in [1.29, 1.82) is 0 Å². The van der Waals surface area contributed by atoms with Crippen molar-refractivity contribution in [3.05, 3.63) is 47.0 Å². The Morgan fingerprint density at radius 3 is 2.82 bits per heavy atom. The SMILES string of the molecule is C[C@@H]1Oc2ccc(NC(=O)c3ccc(Cl)c(N4CCCC4=O)c3)cc2NC1=O. The van der Waals surface area contributed by atoms with Crippen molar-refractivity contribution in [2.24, 2.45) is 0 Å². The molecule has 8 heteroatoms. The monoisotopic (exact) mass is 399 g/mol. The van der Waals surface area contributed by atoms with E-state index in [1.807, 2.05) is 0 Å². The standard InChI is InChI=1S/C20H18ClN3O4/c1-11-19(26)23-15-10-13(5-7-17(15)28-11)22-20(27)12-4-6-14(21)16(9-12)24-8-2-3-18(24)25/h4-7,9-11H,2-3,8H2,1H3,(H,22,27)(H,23,26)/t11-/m0/s1. The maximum absolute atomic E-state index is 12.7. The normalized spacial score (nSPS) is 18.4. The molecule has 2 aromatic carbocycles. The molecule has 0 aromatic heterocycles. The van der Waals surface area contributed by atoms with Gasteiger partial charge in [-0.1, -0.05) is 11.6 Å². The molecule has 2 N–H and O–H groups in total. The molecule has 1 saturated heterocycles. The summed E-state index contributed by atoms with van der Waals surface area (Å²) in [6, 6.07) is 9.86. The van der Waals surface area contributed by atoms with Crippen molar-refractivity contribution < 1.29 is 19.1 Å². The molecule has 1 atom stereocenters. The summed E-state index contributed by atoms with van der Waals surface area (Å²) in [5, 5.41) is 5.96. The number of rotatable bonds is 3. The molecule has 0 bridgehead atoms. The van der Waals surface area contributed by atoms with Gasteiger partial charge in [-0.15, -0.1) is 0 Å². The Labute approximate surface area is 166 Å². The van der Waals surface area contributed by atoms with E-state index in [1.165, 1.54) is 0 Å². The van der Waals surface area contributed by atoms with Crippen LogP contribution < -0.4 is 20.3 Å². The van der Waals surface area contributed by atoms with Gasteiger partial charge in [0.2, 0.25) is 5.91 Å². The molecule has 4 rings (SSSR count). The van der Waals surface area contributed by atoms with Crippen molar-refractivity contribution in [1.82, 2.24) is 0 Å². The highest BCUT2D eigenvalue weighted by Crippen LogP contribution is 2.33. The Morgan fingerprint density at radius 1 is 1.25 bits per heavy atom. The Morgan fingerprint density at radius 2 is 2.07 bits per heavy atom. The summed E-state index contributed by atoms with van der Waals surface area (Å²) in [6.45, 7) is 2.25. The number of hydrogen-bond donors (Lipinski definition) is 2. The zero-order valence-electron chi connectivity index (χ0n) is 15.1. The van der Waals surface area contributed by atoms with Gasteiger partial charge in [0.1, 0.15) is 5.75 Å². The fourth-order valence-electron chi connectivity index (χ4n) is 3.25. The minimum Gasteiger partial charge on any atom is -0.479 e. The minimum absolute atomic E-state index is 0.000819. The van der Waals surface area contributed by atoms with Crippen molar-refractivity contribution in [3.63, 3.8) is 0 Å². The topological polar surface area (TPSA) is 87.7 Å². The van der Waals surface area contributed by atoms with Gasteiger partial charge in [-0.2, -0.15) is 0 Å². The van der Waals surface area contributed by atoms with E-state index < -0.39 is 6.10 Å². The lowest BCUT2D eigenvalue weighted by atomic mass is 10.1. The molecule has 1 fully saturated rings. The van der Waals surface area contributed by atoms with Gasteiger partial charge in [0.05, 0.1) is 16.4 Å². The highest BCUT2D eigenvalue weighted by atomic mass is 35.5. The first-order valence-corrected chi connectivity index (χ1v) is 9.33. The number of hydrogen-bond acceptors (Lipinski definition) is 4. The molecular formula is C20H18ClN3O4. The third-order valence-corrected chi connectivity index (χ3v) is 5.06. The lowest BCUT2D eigenvalue weighted by Gasteiger charge is -2.23. The van der Waals surface area contributed by atoms with Crippen LogP contribution in [0.1, 0.15) is 30.1 Å². The number of nitrogens with one attached hydrogen (secondary N) is 2. The number of carbonyl (C=O) groups excluding carboxylic acids is 3. The molecule has 2 aromatic rings. The Balaban J connectivity index is 1.55. The van der Waals surface area contributed by atoms with Gasteiger partial charge in [0, 0.05) is 24.2 Å². The van der Waals surface area contributed by atoms with Gasteiger partial charge in [-0.05, 0) is 49.7 Å². The van der Waals surface area contributed by atoms with Crippen LogP contribution in [0.25, 0.3) is 0 Å². The molecule has 3 amide bonds. The third kappa shape index (κ3) is 3.41. The van der Waals surface area contributed by atoms with E-state index >= 15 is 0 Å². The molecule has 0 radical (unpaired) electrons. The molecular weight excluding hydrogens is 382 g/mol. The number of halogens is 1. The van der Waals surface area contributed by atoms with Crippen LogP contribution in [0, 0.1) is 0 Å². The van der Waals surface area contributed by atoms with Crippen LogP contribution in [0.3, 0.4) is 0 Å². The molecule has 144 valence electrons. The van der Waals surface area contributed by atoms with Crippen LogP contribution in [0.4, 0.5) is 17.1 Å². The third-order valence-electron chi connectivity index (χ3n) is 4.74. The molecule has 28 heavy (non-hydrogen) atoms. The van der Waals surface area contributed by atoms with Gasteiger partial charge >= 0.3 is 0 Å². The second kappa shape index (κ2) is 7.16. The number of carbonyl (C=O) groups is 3. The minimum atomic E-state index is -0.561. The predicted molar refractivity (Wildman–Crippen MR) is 106 cm³/mol. The lowest BCUT2D eigenvalue weighted by molar-refractivity contribution is -0.122. The average molecular weight is 400 g/mol. The highest BCUT2D eigenvalue weighted by Gasteiger charge is 2.25. The quantitative estimate of drug-likeness (QED) is 0.827. The van der Waals surface area contributed by atoms with Crippen LogP contribution in [0.15, 0.2) is 36.4 Å². The second-order valence-electron chi connectivity index (χ2n) is 6.73. The first-order chi connectivity index (χ1) is 13.4. The van der Waals surface area contributed by atoms with E-state index in [4.69, 9.17) is 16.3 Å². The fraction of sp³-hybridized carbons (Fsp3) is 0.250. The maximum Gasteiger partial charge on any atom is 0.265 e. The van der Waals surface area contributed by atoms with Gasteiger partial charge < -0.3 is 20.3 Å². The number of nitrogens with zero attached hydrogens (tertiary/aromatic N) is 1. The van der Waals surface area contributed by atoms with Gasteiger partial charge in [0.25, 0.3) is 11.8 Å². The van der Waals surface area contributed by atoms with Crippen molar-refractivity contribution in [3.8, 4) is 5.75 Å². The van der Waals surface area contributed by atoms with E-state index in [0.717, 1.165) is 6.42 Å². The van der Waals surface area contributed by atoms with Crippen molar-refractivity contribution >= 4 is 46.4 Å². The van der Waals surface area contributed by atoms with E-state index in [-0.39, 0.29) is 17.7 Å². The summed E-state index contributed by atoms with van der Waals surface area (Å²) in [6.07, 6.45) is 0.690. The zero-order chi connectivity index (χ0) is 19.8. The lowest BCUT2D eigenvalue weighted by Crippen LogP contribution is -2.34. The van der Waals surface area contributed by atoms with Gasteiger partial charge in [-0.25, -0.2) is 0 Å². The number of anilines is 3. The largest absolute Gasteiger partial charge is 0.479 e. The summed E-state index contributed by atoms with van der Waals surface area (Å²) >= 11 is 6.23. The molecule has 0 aliphatic carbocycles. The van der Waals surface area contributed by atoms with Gasteiger partial charge in [0.15, 0.2) is 6.10 Å². The summed E-state index contributed by atoms with van der Waals surface area (Å²) in [5.41, 5.74) is 1.93. The number of amides is 3. The van der Waals surface area contributed by atoms with Crippen LogP contribution in [0.5, 0.6) is 5.75 Å². The van der Waals surface area contributed by atoms with Crippen LogP contribution >= 0.6 is 11.6 Å². The molecule has 7 nitrogen and oxygen atoms in total. The molecule has 2 heterocycles. The fourth-order valence-corrected chi connectivity index (χ4v) is 3.47. The second-order valence-corrected chi connectivity index (χ2v) is 7.14. The van der Waals surface area contributed by atoms with Crippen LogP contribution in [0.2, 0.25) is 5.02 Å². The smallest absolute Gasteiger partial charge is 0.265 e. The summed E-state index contributed by atoms with van der Waals surface area (Å²) in [7, 11) is 0. The molecule has 0 saturated carbocycles. The first-order valence-electron chi connectivity index (χ1n) is 8.95. The predicted octanol–water partition coefficient (Wildman–Crippen LogP) is 3.44. The first kappa shape index (κ1) is 18.3. The Kier molecular flexibility index (Phi) is 4.68. The highest BCUT2D eigenvalue weighted by molar-refractivity contribution is 6.34. The average Bonchev–Trinajstić information content (AvgIpc) is 3.09. The summed E-state index contributed by atoms with van der Waals surface area (Å²) < 4.78 is 5.51. The Hall–Kier alpha value is -3.06. The summed E-state index contributed by atoms with van der Waals surface area (Å²) in [4.78, 5) is 38.1. The van der Waals surface area contributed by atoms with Crippen LogP contribution in [-0.2, 0) is 9.59 Å².